The number of aromatic nitrogens is 2. The van der Waals surface area contributed by atoms with Crippen LogP contribution in [-0.2, 0) is 14.3 Å². The Labute approximate surface area is 305 Å². The molecule has 0 bridgehead atoms. The number of rotatable bonds is 6. The number of methoxy groups -OCH3 is 2. The lowest BCUT2D eigenvalue weighted by Gasteiger charge is -2.51. The van der Waals surface area contributed by atoms with Crippen molar-refractivity contribution in [2.75, 3.05) is 50.2 Å². The monoisotopic (exact) mass is 735 g/mol. The van der Waals surface area contributed by atoms with Crippen molar-refractivity contribution in [1.29, 1.82) is 0 Å². The van der Waals surface area contributed by atoms with Gasteiger partial charge in [0.2, 0.25) is 0 Å². The molecule has 0 spiro atoms. The van der Waals surface area contributed by atoms with E-state index in [2.05, 4.69) is 4.98 Å². The van der Waals surface area contributed by atoms with Gasteiger partial charge < -0.3 is 28.9 Å². The normalized spacial score (nSPS) is 17.2. The molecule has 1 fully saturated rings. The van der Waals surface area contributed by atoms with E-state index in [0.29, 0.717) is 11.3 Å². The summed E-state index contributed by atoms with van der Waals surface area (Å²) in [6.45, 7) is 12.6. The van der Waals surface area contributed by atoms with E-state index in [1.807, 2.05) is 25.7 Å². The van der Waals surface area contributed by atoms with Crippen molar-refractivity contribution >= 4 is 34.3 Å². The van der Waals surface area contributed by atoms with E-state index in [1.165, 1.54) is 35.8 Å². The molecule has 282 valence electrons. The predicted octanol–water partition coefficient (Wildman–Crippen LogP) is 6.72. The molecule has 0 aliphatic carbocycles. The number of carbonyl (C=O) groups excluding carboxylic acids is 2. The van der Waals surface area contributed by atoms with E-state index in [4.69, 9.17) is 14.2 Å². The number of amides is 1. The van der Waals surface area contributed by atoms with Crippen LogP contribution < -0.4 is 20.1 Å². The van der Waals surface area contributed by atoms with Crippen molar-refractivity contribution < 1.29 is 37.0 Å². The van der Waals surface area contributed by atoms with Crippen LogP contribution in [0.3, 0.4) is 0 Å². The molecule has 2 aromatic heterocycles. The lowest BCUT2D eigenvalue weighted by Crippen LogP contribution is -2.65. The van der Waals surface area contributed by atoms with Crippen molar-refractivity contribution in [3.05, 3.63) is 75.6 Å². The Morgan fingerprint density at radius 3 is 2.34 bits per heavy atom. The number of piperazine rings is 1. The summed E-state index contributed by atoms with van der Waals surface area (Å²) in [7, 11) is 2.49. The van der Waals surface area contributed by atoms with Gasteiger partial charge in [0, 0.05) is 37.3 Å². The molecule has 11 nitrogen and oxygen atoms in total. The highest BCUT2D eigenvalue weighted by Crippen LogP contribution is 2.46. The molecular formula is C39H44F3N5O6. The Morgan fingerprint density at radius 2 is 1.70 bits per heavy atom. The van der Waals surface area contributed by atoms with Crippen LogP contribution in [-0.4, -0.2) is 84.6 Å². The Balaban J connectivity index is 1.74. The number of nitrogens with zero attached hydrogens (tertiary/aromatic N) is 5. The Bertz CT molecular complexity index is 2180. The van der Waals surface area contributed by atoms with E-state index in [1.54, 1.807) is 44.9 Å². The summed E-state index contributed by atoms with van der Waals surface area (Å²) in [6.07, 6.45) is 1.05. The van der Waals surface area contributed by atoms with Crippen LogP contribution in [0.25, 0.3) is 27.7 Å². The maximum absolute atomic E-state index is 17.6. The number of pyridine rings is 2. The fourth-order valence-corrected chi connectivity index (χ4v) is 7.42. The van der Waals surface area contributed by atoms with Crippen molar-refractivity contribution in [1.82, 2.24) is 14.5 Å². The highest BCUT2D eigenvalue weighted by molar-refractivity contribution is 6.03. The second kappa shape index (κ2) is 13.9. The second-order valence-electron chi connectivity index (χ2n) is 14.9. The standard InChI is InChI=1S/C39H44F3N5O6/c1-20(2)32-33(21(3)13-14-43-32)47-34-24(15-26(41)30(31(34)42)29-25(40)11-10-12-27(29)51-8)35-36(37(47)49)44(19-28(48)52-9)17-23-18-45(22(4)16-46(23)35)38(50)53-39(5,6)7/h10-15,20,22-23H,16-19H2,1-9H3/t22-,23+/m1/s1. The molecule has 6 rings (SSSR count). The van der Waals surface area contributed by atoms with Gasteiger partial charge in [-0.25, -0.2) is 18.0 Å². The average molecular weight is 736 g/mol. The topological polar surface area (TPSA) is 106 Å². The van der Waals surface area contributed by atoms with Gasteiger partial charge in [-0.1, -0.05) is 19.9 Å². The largest absolute Gasteiger partial charge is 0.496 e. The molecule has 4 aromatic rings. The summed E-state index contributed by atoms with van der Waals surface area (Å²) < 4.78 is 67.2. The minimum atomic E-state index is -1.19. The summed E-state index contributed by atoms with van der Waals surface area (Å²) in [5.41, 5.74) is -1.42. The summed E-state index contributed by atoms with van der Waals surface area (Å²) in [5, 5.41) is 0.00380. The van der Waals surface area contributed by atoms with Crippen molar-refractivity contribution in [2.45, 2.75) is 72.1 Å². The fourth-order valence-electron chi connectivity index (χ4n) is 7.42. The third-order valence-corrected chi connectivity index (χ3v) is 9.72. The summed E-state index contributed by atoms with van der Waals surface area (Å²) in [6, 6.07) is 5.61. The lowest BCUT2D eigenvalue weighted by atomic mass is 9.95. The number of esters is 1. The Hall–Kier alpha value is -5.27. The van der Waals surface area contributed by atoms with Gasteiger partial charge in [-0.15, -0.1) is 0 Å². The van der Waals surface area contributed by atoms with Crippen LogP contribution in [0.1, 0.15) is 58.7 Å². The van der Waals surface area contributed by atoms with Gasteiger partial charge in [0.1, 0.15) is 35.2 Å². The third kappa shape index (κ3) is 6.52. The summed E-state index contributed by atoms with van der Waals surface area (Å²) >= 11 is 0. The molecule has 0 saturated carbocycles. The number of anilines is 2. The highest BCUT2D eigenvalue weighted by atomic mass is 19.1. The van der Waals surface area contributed by atoms with Crippen molar-refractivity contribution in [2.24, 2.45) is 0 Å². The molecule has 53 heavy (non-hydrogen) atoms. The number of aryl methyl sites for hydroxylation is 1. The van der Waals surface area contributed by atoms with Crippen molar-refractivity contribution in [3.63, 3.8) is 0 Å². The molecule has 0 radical (unpaired) electrons. The molecule has 14 heteroatoms. The first kappa shape index (κ1) is 37.5. The molecular weight excluding hydrogens is 691 g/mol. The Kier molecular flexibility index (Phi) is 9.86. The third-order valence-electron chi connectivity index (χ3n) is 9.72. The number of benzene rings is 2. The van der Waals surface area contributed by atoms with Crippen LogP contribution >= 0.6 is 0 Å². The van der Waals surface area contributed by atoms with Gasteiger partial charge in [0.15, 0.2) is 5.82 Å². The number of carbonyl (C=O) groups is 2. The molecule has 1 saturated heterocycles. The average Bonchev–Trinajstić information content (AvgIpc) is 3.08. The zero-order valence-corrected chi connectivity index (χ0v) is 31.3. The fraction of sp³-hybridized carbons (Fsp3) is 0.436. The van der Waals surface area contributed by atoms with Crippen LogP contribution in [0.2, 0.25) is 0 Å². The first-order valence-electron chi connectivity index (χ1n) is 17.5. The molecule has 2 aliphatic rings. The van der Waals surface area contributed by atoms with Crippen LogP contribution in [0.5, 0.6) is 5.75 Å². The van der Waals surface area contributed by atoms with Gasteiger partial charge in [-0.05, 0) is 70.4 Å². The molecule has 2 aliphatic heterocycles. The minimum Gasteiger partial charge on any atom is -0.496 e. The number of halogens is 3. The summed E-state index contributed by atoms with van der Waals surface area (Å²) in [5.74, 6) is -4.21. The maximum atomic E-state index is 17.6. The number of ether oxygens (including phenoxy) is 3. The molecule has 1 amide bonds. The van der Waals surface area contributed by atoms with Gasteiger partial charge in [-0.3, -0.25) is 19.1 Å². The van der Waals surface area contributed by atoms with Crippen LogP contribution in [0.4, 0.5) is 29.3 Å². The first-order chi connectivity index (χ1) is 25.0. The maximum Gasteiger partial charge on any atom is 0.410 e. The van der Waals surface area contributed by atoms with Gasteiger partial charge >= 0.3 is 12.1 Å². The van der Waals surface area contributed by atoms with Crippen LogP contribution in [0, 0.1) is 24.4 Å². The second-order valence-corrected chi connectivity index (χ2v) is 14.9. The molecule has 2 aromatic carbocycles. The van der Waals surface area contributed by atoms with E-state index < -0.39 is 63.9 Å². The summed E-state index contributed by atoms with van der Waals surface area (Å²) in [4.78, 5) is 51.1. The zero-order chi connectivity index (χ0) is 38.7. The lowest BCUT2D eigenvalue weighted by molar-refractivity contribution is -0.139. The number of hydrogen-bond acceptors (Lipinski definition) is 9. The van der Waals surface area contributed by atoms with E-state index in [-0.39, 0.29) is 65.8 Å². The Morgan fingerprint density at radius 1 is 0.981 bits per heavy atom. The van der Waals surface area contributed by atoms with Crippen LogP contribution in [0.15, 0.2) is 41.3 Å². The van der Waals surface area contributed by atoms with E-state index >= 15 is 18.0 Å². The zero-order valence-electron chi connectivity index (χ0n) is 31.3. The smallest absolute Gasteiger partial charge is 0.410 e. The van der Waals surface area contributed by atoms with Gasteiger partial charge in [0.05, 0.1) is 54.0 Å². The molecule has 0 N–H and O–H groups in total. The number of fused-ring (bicyclic) bond motifs is 5. The minimum absolute atomic E-state index is 0.00380. The highest BCUT2D eigenvalue weighted by Gasteiger charge is 2.44. The van der Waals surface area contributed by atoms with E-state index in [0.717, 1.165) is 12.1 Å². The molecule has 2 atom stereocenters. The van der Waals surface area contributed by atoms with E-state index in [9.17, 15) is 9.59 Å². The van der Waals surface area contributed by atoms with Gasteiger partial charge in [0.25, 0.3) is 5.56 Å². The van der Waals surface area contributed by atoms with Crippen molar-refractivity contribution in [3.8, 4) is 22.6 Å². The number of hydrogen-bond donors (Lipinski definition) is 0. The molecule has 0 unspecified atom stereocenters. The SMILES string of the molecule is COC(=O)CN1C[C@H]2CN(C(=O)OC(C)(C)C)[C@H](C)CN2c2c1c(=O)n(-c1c(C)ccnc1C(C)C)c1c(F)c(-c3c(F)cccc3OC)c(F)cc21. The predicted molar refractivity (Wildman–Crippen MR) is 196 cm³/mol. The first-order valence-corrected chi connectivity index (χ1v) is 17.5. The quantitative estimate of drug-likeness (QED) is 0.200. The molecule has 4 heterocycles. The van der Waals surface area contributed by atoms with Gasteiger partial charge in [-0.2, -0.15) is 0 Å².